The number of nitrogens with one attached hydrogen (secondary N) is 2. The summed E-state index contributed by atoms with van der Waals surface area (Å²) < 4.78 is 5.45. The fraction of sp³-hybridized carbons (Fsp3) is 0.516. The smallest absolute Gasteiger partial charge is 0.408 e. The summed E-state index contributed by atoms with van der Waals surface area (Å²) in [5, 5.41) is 16.8. The molecule has 1 saturated carbocycles. The van der Waals surface area contributed by atoms with E-state index in [0.717, 1.165) is 12.0 Å². The topological polar surface area (TPSA) is 108 Å². The summed E-state index contributed by atoms with van der Waals surface area (Å²) in [5.74, 6) is -0.530. The summed E-state index contributed by atoms with van der Waals surface area (Å²) in [6.45, 7) is 13.3. The lowest BCUT2D eigenvalue weighted by Gasteiger charge is -2.35. The highest BCUT2D eigenvalue weighted by Crippen LogP contribution is 2.43. The van der Waals surface area contributed by atoms with Crippen molar-refractivity contribution in [3.05, 3.63) is 65.2 Å². The van der Waals surface area contributed by atoms with E-state index in [4.69, 9.17) is 4.74 Å². The number of ether oxygens (including phenoxy) is 1. The summed E-state index contributed by atoms with van der Waals surface area (Å²) in [7, 11) is 0. The number of phenolic OH excluding ortho intramolecular Hbond substituents is 1. The Morgan fingerprint density at radius 1 is 1.08 bits per heavy atom. The van der Waals surface area contributed by atoms with Crippen LogP contribution in [0.2, 0.25) is 0 Å². The quantitative estimate of drug-likeness (QED) is 0.384. The SMILES string of the molecule is Cc1cccc(C(C(=O)NCc2ccccc2)N(C(=O)C(CC(C)C)NC(=O)OC(C)(C)C)C2CC2C)c1O. The normalized spacial score (nSPS) is 18.2. The second-order valence-corrected chi connectivity index (χ2v) is 12.0. The summed E-state index contributed by atoms with van der Waals surface area (Å²) in [6.07, 6.45) is 0.406. The van der Waals surface area contributed by atoms with Crippen molar-refractivity contribution in [2.75, 3.05) is 0 Å². The van der Waals surface area contributed by atoms with Crippen molar-refractivity contribution in [2.45, 2.75) is 91.6 Å². The van der Waals surface area contributed by atoms with Gasteiger partial charge in [0.1, 0.15) is 23.4 Å². The van der Waals surface area contributed by atoms with Crippen LogP contribution in [0.25, 0.3) is 0 Å². The Hall–Kier alpha value is -3.55. The molecule has 8 heteroatoms. The van der Waals surface area contributed by atoms with Gasteiger partial charge in [-0.25, -0.2) is 4.79 Å². The van der Waals surface area contributed by atoms with Crippen LogP contribution in [0.15, 0.2) is 48.5 Å². The van der Waals surface area contributed by atoms with Crippen molar-refractivity contribution < 1.29 is 24.2 Å². The zero-order chi connectivity index (χ0) is 28.9. The van der Waals surface area contributed by atoms with Crippen LogP contribution in [0.4, 0.5) is 4.79 Å². The molecule has 2 aromatic rings. The maximum atomic E-state index is 14.3. The number of phenols is 1. The minimum Gasteiger partial charge on any atom is -0.507 e. The second-order valence-electron chi connectivity index (χ2n) is 12.0. The lowest BCUT2D eigenvalue weighted by Crippen LogP contribution is -2.54. The molecule has 0 radical (unpaired) electrons. The fourth-order valence-electron chi connectivity index (χ4n) is 4.70. The fourth-order valence-corrected chi connectivity index (χ4v) is 4.70. The molecule has 0 bridgehead atoms. The van der Waals surface area contributed by atoms with Crippen LogP contribution in [-0.4, -0.2) is 45.6 Å². The zero-order valence-electron chi connectivity index (χ0n) is 24.2. The van der Waals surface area contributed by atoms with Crippen molar-refractivity contribution in [3.8, 4) is 5.75 Å². The first-order valence-electron chi connectivity index (χ1n) is 13.7. The molecule has 3 amide bonds. The van der Waals surface area contributed by atoms with Crippen LogP contribution in [0.5, 0.6) is 5.75 Å². The standard InChI is InChI=1S/C31H43N3O5/c1-19(2)16-24(33-30(38)39-31(5,6)7)29(37)34(25-17-21(25)4)26(23-15-11-12-20(3)27(23)35)28(36)32-18-22-13-9-8-10-14-22/h8-15,19,21,24-26,35H,16-18H2,1-7H3,(H,32,36)(H,33,38). The van der Waals surface area contributed by atoms with E-state index in [1.165, 1.54) is 0 Å². The minimum absolute atomic E-state index is 0.0241. The van der Waals surface area contributed by atoms with Gasteiger partial charge in [0.25, 0.3) is 0 Å². The van der Waals surface area contributed by atoms with Crippen molar-refractivity contribution >= 4 is 17.9 Å². The third kappa shape index (κ3) is 8.22. The van der Waals surface area contributed by atoms with Crippen molar-refractivity contribution in [2.24, 2.45) is 11.8 Å². The predicted octanol–water partition coefficient (Wildman–Crippen LogP) is 5.23. The van der Waals surface area contributed by atoms with Gasteiger partial charge < -0.3 is 25.4 Å². The summed E-state index contributed by atoms with van der Waals surface area (Å²) in [6, 6.07) is 12.5. The number of benzene rings is 2. The van der Waals surface area contributed by atoms with Gasteiger partial charge in [-0.2, -0.15) is 0 Å². The van der Waals surface area contributed by atoms with E-state index in [9.17, 15) is 19.5 Å². The van der Waals surface area contributed by atoms with Crippen LogP contribution in [0.1, 0.15) is 77.1 Å². The molecule has 0 aliphatic heterocycles. The molecule has 0 aromatic heterocycles. The van der Waals surface area contributed by atoms with Crippen LogP contribution in [0, 0.1) is 18.8 Å². The van der Waals surface area contributed by atoms with E-state index in [2.05, 4.69) is 10.6 Å². The molecule has 4 unspecified atom stereocenters. The van der Waals surface area contributed by atoms with Crippen LogP contribution in [0.3, 0.4) is 0 Å². The number of amides is 3. The molecule has 1 aliphatic rings. The zero-order valence-corrected chi connectivity index (χ0v) is 24.2. The van der Waals surface area contributed by atoms with Gasteiger partial charge in [-0.3, -0.25) is 9.59 Å². The molecule has 8 nitrogen and oxygen atoms in total. The number of aromatic hydroxyl groups is 1. The molecule has 3 rings (SSSR count). The second kappa shape index (κ2) is 12.5. The number of carbonyl (C=O) groups is 3. The third-order valence-corrected chi connectivity index (χ3v) is 6.77. The van der Waals surface area contributed by atoms with Gasteiger partial charge in [-0.15, -0.1) is 0 Å². The first-order chi connectivity index (χ1) is 18.3. The number of hydrogen-bond donors (Lipinski definition) is 3. The van der Waals surface area contributed by atoms with Crippen molar-refractivity contribution in [1.29, 1.82) is 0 Å². The molecule has 0 spiro atoms. The van der Waals surface area contributed by atoms with E-state index >= 15 is 0 Å². The number of carbonyl (C=O) groups excluding carboxylic acids is 3. The number of rotatable bonds is 10. The van der Waals surface area contributed by atoms with Crippen molar-refractivity contribution in [1.82, 2.24) is 15.5 Å². The van der Waals surface area contributed by atoms with Gasteiger partial charge >= 0.3 is 6.09 Å². The Labute approximate surface area is 232 Å². The maximum absolute atomic E-state index is 14.3. The van der Waals surface area contributed by atoms with Gasteiger partial charge in [0.15, 0.2) is 0 Å². The van der Waals surface area contributed by atoms with Gasteiger partial charge in [0.2, 0.25) is 11.8 Å². The molecule has 1 aliphatic carbocycles. The average molecular weight is 538 g/mol. The Morgan fingerprint density at radius 2 is 1.72 bits per heavy atom. The Kier molecular flexibility index (Phi) is 9.64. The van der Waals surface area contributed by atoms with Gasteiger partial charge in [0, 0.05) is 18.2 Å². The summed E-state index contributed by atoms with van der Waals surface area (Å²) in [5.41, 5.74) is 1.15. The molecule has 212 valence electrons. The van der Waals surface area contributed by atoms with E-state index < -0.39 is 29.7 Å². The molecule has 3 N–H and O–H groups in total. The monoisotopic (exact) mass is 537 g/mol. The summed E-state index contributed by atoms with van der Waals surface area (Å²) in [4.78, 5) is 42.5. The molecule has 4 atom stereocenters. The lowest BCUT2D eigenvalue weighted by molar-refractivity contribution is -0.143. The molecule has 39 heavy (non-hydrogen) atoms. The van der Waals surface area contributed by atoms with E-state index in [-0.39, 0.29) is 36.1 Å². The largest absolute Gasteiger partial charge is 0.507 e. The van der Waals surface area contributed by atoms with E-state index in [1.807, 2.05) is 51.1 Å². The highest BCUT2D eigenvalue weighted by atomic mass is 16.6. The minimum atomic E-state index is -1.08. The van der Waals surface area contributed by atoms with Gasteiger partial charge in [-0.1, -0.05) is 69.3 Å². The number of para-hydroxylation sites is 1. The van der Waals surface area contributed by atoms with Crippen LogP contribution >= 0.6 is 0 Å². The lowest BCUT2D eigenvalue weighted by atomic mass is 9.97. The molecular weight excluding hydrogens is 494 g/mol. The molecular formula is C31H43N3O5. The van der Waals surface area contributed by atoms with Gasteiger partial charge in [-0.05, 0) is 63.5 Å². The number of alkyl carbamates (subject to hydrolysis) is 1. The molecule has 0 heterocycles. The molecule has 2 aromatic carbocycles. The van der Waals surface area contributed by atoms with Gasteiger partial charge in [0.05, 0.1) is 0 Å². The number of nitrogens with zero attached hydrogens (tertiary/aromatic N) is 1. The first-order valence-corrected chi connectivity index (χ1v) is 13.7. The highest BCUT2D eigenvalue weighted by Gasteiger charge is 2.48. The Morgan fingerprint density at radius 3 is 2.28 bits per heavy atom. The molecule has 1 fully saturated rings. The maximum Gasteiger partial charge on any atom is 0.408 e. The summed E-state index contributed by atoms with van der Waals surface area (Å²) >= 11 is 0. The van der Waals surface area contributed by atoms with E-state index in [0.29, 0.717) is 17.5 Å². The Balaban J connectivity index is 2.01. The molecule has 0 saturated heterocycles. The first kappa shape index (κ1) is 30.0. The number of hydrogen-bond acceptors (Lipinski definition) is 5. The predicted molar refractivity (Wildman–Crippen MR) is 151 cm³/mol. The highest BCUT2D eigenvalue weighted by molar-refractivity contribution is 5.93. The van der Waals surface area contributed by atoms with Crippen LogP contribution < -0.4 is 10.6 Å². The van der Waals surface area contributed by atoms with Crippen LogP contribution in [-0.2, 0) is 20.9 Å². The number of aryl methyl sites for hydroxylation is 1. The third-order valence-electron chi connectivity index (χ3n) is 6.77. The van der Waals surface area contributed by atoms with Crippen molar-refractivity contribution in [3.63, 3.8) is 0 Å². The Bertz CT molecular complexity index is 1160. The van der Waals surface area contributed by atoms with E-state index in [1.54, 1.807) is 50.8 Å². The average Bonchev–Trinajstić information content (AvgIpc) is 3.57.